The third-order valence-electron chi connectivity index (χ3n) is 4.38. The number of hydrogen-bond acceptors (Lipinski definition) is 2. The smallest absolute Gasteiger partial charge is 0.232 e. The van der Waals surface area contributed by atoms with Gasteiger partial charge in [-0.25, -0.2) is 12.4 Å². The zero-order valence-corrected chi connectivity index (χ0v) is 16.5. The molecular weight excluding hydrogens is 410 g/mol. The molecule has 0 unspecified atom stereocenters. The second kappa shape index (κ2) is 6.41. The highest BCUT2D eigenvalue weighted by Crippen LogP contribution is 2.40. The summed E-state index contributed by atoms with van der Waals surface area (Å²) in [5.41, 5.74) is 3.14. The summed E-state index contributed by atoms with van der Waals surface area (Å²) in [6.07, 6.45) is 0. The third-order valence-corrected chi connectivity index (χ3v) is 6.91. The SMILES string of the molecule is Cc1ccc(S(=O)(=O)n2c(-c3ccccc3)c(Br)c3ccccc32)cc1. The highest BCUT2D eigenvalue weighted by atomic mass is 79.9. The van der Waals surface area contributed by atoms with Gasteiger partial charge < -0.3 is 0 Å². The molecule has 1 heterocycles. The Kier molecular flexibility index (Phi) is 4.21. The van der Waals surface area contributed by atoms with Gasteiger partial charge in [0, 0.05) is 10.9 Å². The number of aromatic nitrogens is 1. The van der Waals surface area contributed by atoms with E-state index in [0.29, 0.717) is 11.2 Å². The summed E-state index contributed by atoms with van der Waals surface area (Å²) in [6.45, 7) is 1.94. The zero-order chi connectivity index (χ0) is 18.3. The highest BCUT2D eigenvalue weighted by molar-refractivity contribution is 9.10. The van der Waals surface area contributed by atoms with Gasteiger partial charge >= 0.3 is 0 Å². The van der Waals surface area contributed by atoms with Crippen LogP contribution in [-0.4, -0.2) is 12.4 Å². The van der Waals surface area contributed by atoms with Crippen LogP contribution >= 0.6 is 15.9 Å². The molecule has 0 amide bonds. The lowest BCUT2D eigenvalue weighted by Crippen LogP contribution is -2.14. The molecular formula is C21H16BrNO2S. The monoisotopic (exact) mass is 425 g/mol. The second-order valence-electron chi connectivity index (χ2n) is 6.13. The van der Waals surface area contributed by atoms with Gasteiger partial charge in [0.1, 0.15) is 0 Å². The Labute approximate surface area is 161 Å². The number of rotatable bonds is 3. The standard InChI is InChI=1S/C21H16BrNO2S/c1-15-11-13-17(14-12-15)26(24,25)23-19-10-6-5-9-18(19)20(22)21(23)16-7-3-2-4-8-16/h2-14H,1H3. The van der Waals surface area contributed by atoms with Crippen molar-refractivity contribution < 1.29 is 8.42 Å². The van der Waals surface area contributed by atoms with Gasteiger partial charge in [-0.2, -0.15) is 0 Å². The first-order valence-electron chi connectivity index (χ1n) is 8.17. The molecule has 0 saturated carbocycles. The van der Waals surface area contributed by atoms with Crippen LogP contribution in [0.25, 0.3) is 22.2 Å². The first kappa shape index (κ1) is 17.1. The number of benzene rings is 3. The Balaban J connectivity index is 2.10. The molecule has 0 aliphatic heterocycles. The van der Waals surface area contributed by atoms with Gasteiger partial charge in [-0.05, 0) is 41.1 Å². The van der Waals surface area contributed by atoms with Crippen molar-refractivity contribution in [1.29, 1.82) is 0 Å². The minimum absolute atomic E-state index is 0.272. The molecule has 0 spiro atoms. The molecule has 5 heteroatoms. The third kappa shape index (κ3) is 2.68. The van der Waals surface area contributed by atoms with E-state index in [4.69, 9.17) is 0 Å². The largest absolute Gasteiger partial charge is 0.268 e. The lowest BCUT2D eigenvalue weighted by molar-refractivity contribution is 0.589. The maximum atomic E-state index is 13.5. The van der Waals surface area contributed by atoms with Crippen LogP contribution in [0.3, 0.4) is 0 Å². The maximum Gasteiger partial charge on any atom is 0.268 e. The number of nitrogens with zero attached hydrogens (tertiary/aromatic N) is 1. The van der Waals surface area contributed by atoms with Crippen molar-refractivity contribution in [3.8, 4) is 11.3 Å². The number of para-hydroxylation sites is 1. The molecule has 0 bridgehead atoms. The van der Waals surface area contributed by atoms with Crippen molar-refractivity contribution in [3.05, 3.63) is 88.9 Å². The zero-order valence-electron chi connectivity index (χ0n) is 14.1. The lowest BCUT2D eigenvalue weighted by atomic mass is 10.1. The average Bonchev–Trinajstić information content (AvgIpc) is 2.96. The van der Waals surface area contributed by atoms with Crippen LogP contribution in [0.4, 0.5) is 0 Å². The fraction of sp³-hybridized carbons (Fsp3) is 0.0476. The van der Waals surface area contributed by atoms with E-state index in [2.05, 4.69) is 15.9 Å². The number of aryl methyl sites for hydroxylation is 1. The van der Waals surface area contributed by atoms with E-state index < -0.39 is 10.0 Å². The molecule has 130 valence electrons. The lowest BCUT2D eigenvalue weighted by Gasteiger charge is -2.13. The van der Waals surface area contributed by atoms with E-state index in [-0.39, 0.29) is 4.90 Å². The fourth-order valence-electron chi connectivity index (χ4n) is 3.08. The minimum atomic E-state index is -3.75. The van der Waals surface area contributed by atoms with E-state index in [9.17, 15) is 8.42 Å². The van der Waals surface area contributed by atoms with Crippen LogP contribution in [0.1, 0.15) is 5.56 Å². The van der Waals surface area contributed by atoms with E-state index in [1.54, 1.807) is 12.1 Å². The first-order chi connectivity index (χ1) is 12.5. The van der Waals surface area contributed by atoms with Gasteiger partial charge in [-0.15, -0.1) is 0 Å². The average molecular weight is 426 g/mol. The van der Waals surface area contributed by atoms with Crippen LogP contribution in [-0.2, 0) is 10.0 Å². The molecule has 0 N–H and O–H groups in total. The van der Waals surface area contributed by atoms with Crippen LogP contribution in [0.15, 0.2) is 88.2 Å². The second-order valence-corrected chi connectivity index (χ2v) is 8.71. The topological polar surface area (TPSA) is 39.1 Å². The number of fused-ring (bicyclic) bond motifs is 1. The fourth-order valence-corrected chi connectivity index (χ4v) is 5.48. The van der Waals surface area contributed by atoms with Crippen molar-refractivity contribution in [2.75, 3.05) is 0 Å². The van der Waals surface area contributed by atoms with Gasteiger partial charge in [0.2, 0.25) is 0 Å². The Bertz CT molecular complexity index is 1190. The summed E-state index contributed by atoms with van der Waals surface area (Å²) in [6, 6.07) is 24.0. The summed E-state index contributed by atoms with van der Waals surface area (Å²) < 4.78 is 29.2. The van der Waals surface area contributed by atoms with Crippen molar-refractivity contribution >= 4 is 36.9 Å². The van der Waals surface area contributed by atoms with Gasteiger partial charge in [-0.1, -0.05) is 66.2 Å². The molecule has 0 aliphatic rings. The first-order valence-corrected chi connectivity index (χ1v) is 10.4. The van der Waals surface area contributed by atoms with Gasteiger partial charge in [0.15, 0.2) is 0 Å². The molecule has 0 aliphatic carbocycles. The predicted octanol–water partition coefficient (Wildman–Crippen LogP) is 5.62. The van der Waals surface area contributed by atoms with E-state index in [1.165, 1.54) is 3.97 Å². The minimum Gasteiger partial charge on any atom is -0.232 e. The Hall–Kier alpha value is -2.37. The number of hydrogen-bond donors (Lipinski definition) is 0. The Morgan fingerprint density at radius 3 is 2.12 bits per heavy atom. The van der Waals surface area contributed by atoms with Crippen LogP contribution in [0.5, 0.6) is 0 Å². The summed E-state index contributed by atoms with van der Waals surface area (Å²) in [7, 11) is -3.75. The van der Waals surface area contributed by atoms with E-state index in [1.807, 2.05) is 73.7 Å². The molecule has 26 heavy (non-hydrogen) atoms. The van der Waals surface area contributed by atoms with Crippen molar-refractivity contribution in [1.82, 2.24) is 3.97 Å². The molecule has 3 nitrogen and oxygen atoms in total. The van der Waals surface area contributed by atoms with Crippen molar-refractivity contribution in [2.45, 2.75) is 11.8 Å². The number of halogens is 1. The summed E-state index contributed by atoms with van der Waals surface area (Å²) in [4.78, 5) is 0.272. The van der Waals surface area contributed by atoms with Gasteiger partial charge in [0.05, 0.1) is 20.6 Å². The summed E-state index contributed by atoms with van der Waals surface area (Å²) in [5.74, 6) is 0. The van der Waals surface area contributed by atoms with Crippen LogP contribution < -0.4 is 0 Å². The van der Waals surface area contributed by atoms with Crippen LogP contribution in [0, 0.1) is 6.92 Å². The summed E-state index contributed by atoms with van der Waals surface area (Å²) >= 11 is 3.63. The van der Waals surface area contributed by atoms with E-state index >= 15 is 0 Å². The van der Waals surface area contributed by atoms with Gasteiger partial charge in [-0.3, -0.25) is 0 Å². The molecule has 0 atom stereocenters. The normalized spacial score (nSPS) is 11.8. The molecule has 0 fully saturated rings. The quantitative estimate of drug-likeness (QED) is 0.427. The van der Waals surface area contributed by atoms with Crippen molar-refractivity contribution in [3.63, 3.8) is 0 Å². The molecule has 4 rings (SSSR count). The molecule has 3 aromatic carbocycles. The molecule has 4 aromatic rings. The van der Waals surface area contributed by atoms with E-state index in [0.717, 1.165) is 21.0 Å². The highest BCUT2D eigenvalue weighted by Gasteiger charge is 2.26. The predicted molar refractivity (Wildman–Crippen MR) is 109 cm³/mol. The maximum absolute atomic E-state index is 13.5. The molecule has 1 aromatic heterocycles. The Morgan fingerprint density at radius 2 is 1.42 bits per heavy atom. The van der Waals surface area contributed by atoms with Crippen molar-refractivity contribution in [2.24, 2.45) is 0 Å². The molecule has 0 radical (unpaired) electrons. The van der Waals surface area contributed by atoms with Gasteiger partial charge in [0.25, 0.3) is 10.0 Å². The van der Waals surface area contributed by atoms with Crippen LogP contribution in [0.2, 0.25) is 0 Å². The Morgan fingerprint density at radius 1 is 0.808 bits per heavy atom. The molecule has 0 saturated heterocycles. The summed E-state index contributed by atoms with van der Waals surface area (Å²) in [5, 5.41) is 0.863.